The maximum absolute atomic E-state index is 12.9. The molecule has 0 unspecified atom stereocenters. The van der Waals surface area contributed by atoms with Crippen LogP contribution in [0.2, 0.25) is 0 Å². The summed E-state index contributed by atoms with van der Waals surface area (Å²) >= 11 is 0. The summed E-state index contributed by atoms with van der Waals surface area (Å²) < 4.78 is 5.46. The molecule has 0 amide bonds. The summed E-state index contributed by atoms with van der Waals surface area (Å²) in [7, 11) is 0. The fourth-order valence-electron chi connectivity index (χ4n) is 3.90. The second kappa shape index (κ2) is 10.1. The van der Waals surface area contributed by atoms with Crippen molar-refractivity contribution in [2.45, 2.75) is 19.3 Å². The lowest BCUT2D eigenvalue weighted by Gasteiger charge is -2.18. The summed E-state index contributed by atoms with van der Waals surface area (Å²) in [5.41, 5.74) is 2.44. The third kappa shape index (κ3) is 4.89. The van der Waals surface area contributed by atoms with Gasteiger partial charge in [-0.2, -0.15) is 5.10 Å². The summed E-state index contributed by atoms with van der Waals surface area (Å²) in [5.74, 6) is -0.827. The van der Waals surface area contributed by atoms with E-state index >= 15 is 0 Å². The van der Waals surface area contributed by atoms with E-state index < -0.39 is 32.8 Å². The van der Waals surface area contributed by atoms with Gasteiger partial charge in [0.05, 0.1) is 26.9 Å². The normalized spacial score (nSPS) is 12.3. The molecule has 182 valence electrons. The minimum Gasteiger partial charge on any atom is -0.507 e. The van der Waals surface area contributed by atoms with Crippen molar-refractivity contribution in [1.82, 2.24) is 0 Å². The number of nitrogens with zero attached hydrogens (tertiary/aromatic N) is 3. The molecule has 0 aliphatic carbocycles. The molecule has 4 rings (SSSR count). The molecule has 0 bridgehead atoms. The highest BCUT2D eigenvalue weighted by molar-refractivity contribution is 5.87. The van der Waals surface area contributed by atoms with Crippen molar-refractivity contribution in [3.05, 3.63) is 115 Å². The largest absolute Gasteiger partial charge is 0.507 e. The first-order valence-corrected chi connectivity index (χ1v) is 10.8. The van der Waals surface area contributed by atoms with Gasteiger partial charge in [-0.15, -0.1) is 0 Å². The Morgan fingerprint density at radius 3 is 2.42 bits per heavy atom. The highest BCUT2D eigenvalue weighted by atomic mass is 16.6. The SMILES string of the molecule is C/C(C[C@@H](c1ccccc1)c1c(O)c2ccccc2oc1=O)=N/Nc1ccc([N+](=O)[O-])cc1[N+](=O)[O-]. The first-order chi connectivity index (χ1) is 17.3. The molecule has 0 aliphatic heterocycles. The van der Waals surface area contributed by atoms with Crippen LogP contribution in [0, 0.1) is 20.2 Å². The summed E-state index contributed by atoms with van der Waals surface area (Å²) in [6.45, 7) is 1.65. The number of nitrogens with one attached hydrogen (secondary N) is 1. The van der Waals surface area contributed by atoms with E-state index in [4.69, 9.17) is 4.42 Å². The highest BCUT2D eigenvalue weighted by Crippen LogP contribution is 2.36. The summed E-state index contributed by atoms with van der Waals surface area (Å²) in [5, 5.41) is 38.0. The van der Waals surface area contributed by atoms with Crippen LogP contribution in [0.5, 0.6) is 5.75 Å². The van der Waals surface area contributed by atoms with Crippen molar-refractivity contribution < 1.29 is 19.4 Å². The Labute approximate surface area is 203 Å². The molecule has 1 atom stereocenters. The average molecular weight is 488 g/mol. The van der Waals surface area contributed by atoms with E-state index in [9.17, 15) is 30.1 Å². The van der Waals surface area contributed by atoms with Crippen molar-refractivity contribution in [3.8, 4) is 5.75 Å². The molecule has 0 saturated carbocycles. The number of hydrazone groups is 1. The zero-order valence-electron chi connectivity index (χ0n) is 19.0. The maximum Gasteiger partial charge on any atom is 0.343 e. The van der Waals surface area contributed by atoms with Crippen LogP contribution in [0.15, 0.2) is 87.1 Å². The van der Waals surface area contributed by atoms with Crippen molar-refractivity contribution in [3.63, 3.8) is 0 Å². The second-order valence-corrected chi connectivity index (χ2v) is 7.99. The molecule has 36 heavy (non-hydrogen) atoms. The number of hydrogen-bond acceptors (Lipinski definition) is 9. The monoisotopic (exact) mass is 488 g/mol. The van der Waals surface area contributed by atoms with Gasteiger partial charge in [-0.3, -0.25) is 25.7 Å². The van der Waals surface area contributed by atoms with Crippen LogP contribution in [0.25, 0.3) is 11.0 Å². The Bertz CT molecular complexity index is 1550. The van der Waals surface area contributed by atoms with Gasteiger partial charge in [0.1, 0.15) is 17.0 Å². The standard InChI is InChI=1S/C25H20N4O7/c1-15(26-27-20-12-11-17(28(32)33)14-21(20)29(34)35)13-19(16-7-3-2-4-8-16)23-24(30)18-9-5-6-10-22(18)36-25(23)31/h2-12,14,19,27,30H,13H2,1H3/b26-15-/t19-/m0/s1. The van der Waals surface area contributed by atoms with Gasteiger partial charge in [-0.1, -0.05) is 42.5 Å². The lowest BCUT2D eigenvalue weighted by Crippen LogP contribution is -2.17. The molecule has 0 aliphatic rings. The molecular weight excluding hydrogens is 468 g/mol. The van der Waals surface area contributed by atoms with E-state index in [2.05, 4.69) is 10.5 Å². The van der Waals surface area contributed by atoms with Crippen molar-refractivity contribution in [2.75, 3.05) is 5.43 Å². The topological polar surface area (TPSA) is 161 Å². The van der Waals surface area contributed by atoms with Gasteiger partial charge in [0.15, 0.2) is 0 Å². The number of non-ortho nitro benzene ring substituents is 1. The summed E-state index contributed by atoms with van der Waals surface area (Å²) in [6.07, 6.45) is 0.161. The van der Waals surface area contributed by atoms with Gasteiger partial charge in [0.2, 0.25) is 0 Å². The Balaban J connectivity index is 1.71. The molecule has 0 fully saturated rings. The number of hydrogen-bond donors (Lipinski definition) is 2. The number of fused-ring (bicyclic) bond motifs is 1. The smallest absolute Gasteiger partial charge is 0.343 e. The number of anilines is 1. The average Bonchev–Trinajstić information content (AvgIpc) is 2.87. The number of para-hydroxylation sites is 1. The van der Waals surface area contributed by atoms with Gasteiger partial charge in [-0.05, 0) is 37.1 Å². The van der Waals surface area contributed by atoms with Crippen LogP contribution in [0.3, 0.4) is 0 Å². The van der Waals surface area contributed by atoms with Crippen LogP contribution < -0.4 is 11.1 Å². The number of nitro benzene ring substituents is 2. The number of benzene rings is 3. The van der Waals surface area contributed by atoms with E-state index in [0.717, 1.165) is 17.7 Å². The quantitative estimate of drug-likeness (QED) is 0.146. The predicted octanol–water partition coefficient (Wildman–Crippen LogP) is 5.33. The van der Waals surface area contributed by atoms with E-state index in [1.165, 1.54) is 6.07 Å². The minimum absolute atomic E-state index is 0.0331. The molecular formula is C25H20N4O7. The van der Waals surface area contributed by atoms with E-state index in [-0.39, 0.29) is 29.0 Å². The van der Waals surface area contributed by atoms with Gasteiger partial charge in [-0.25, -0.2) is 4.79 Å². The fraction of sp³-hybridized carbons (Fsp3) is 0.120. The zero-order chi connectivity index (χ0) is 25.8. The number of aromatic hydroxyl groups is 1. The van der Waals surface area contributed by atoms with Gasteiger partial charge in [0.25, 0.3) is 5.69 Å². The molecule has 1 heterocycles. The first kappa shape index (κ1) is 24.1. The summed E-state index contributed by atoms with van der Waals surface area (Å²) in [4.78, 5) is 33.8. The highest BCUT2D eigenvalue weighted by Gasteiger charge is 2.26. The first-order valence-electron chi connectivity index (χ1n) is 10.8. The number of nitro groups is 2. The van der Waals surface area contributed by atoms with Crippen LogP contribution in [0.1, 0.15) is 30.4 Å². The van der Waals surface area contributed by atoms with E-state index in [1.54, 1.807) is 55.5 Å². The molecule has 0 radical (unpaired) electrons. The lowest BCUT2D eigenvalue weighted by molar-refractivity contribution is -0.393. The molecule has 2 N–H and O–H groups in total. The Hall–Kier alpha value is -5.06. The molecule has 0 saturated heterocycles. The van der Waals surface area contributed by atoms with Gasteiger partial charge < -0.3 is 9.52 Å². The predicted molar refractivity (Wildman–Crippen MR) is 134 cm³/mol. The summed E-state index contributed by atoms with van der Waals surface area (Å²) in [6, 6.07) is 18.9. The second-order valence-electron chi connectivity index (χ2n) is 7.99. The molecule has 0 spiro atoms. The van der Waals surface area contributed by atoms with Crippen LogP contribution in [0.4, 0.5) is 17.1 Å². The Morgan fingerprint density at radius 1 is 1.03 bits per heavy atom. The number of rotatable bonds is 8. The van der Waals surface area contributed by atoms with Crippen molar-refractivity contribution in [2.24, 2.45) is 5.10 Å². The minimum atomic E-state index is -0.745. The van der Waals surface area contributed by atoms with E-state index in [1.807, 2.05) is 6.07 Å². The lowest BCUT2D eigenvalue weighted by atomic mass is 9.87. The fourth-order valence-corrected chi connectivity index (χ4v) is 3.90. The van der Waals surface area contributed by atoms with Crippen molar-refractivity contribution >= 4 is 33.7 Å². The molecule has 1 aromatic heterocycles. The molecule has 11 nitrogen and oxygen atoms in total. The van der Waals surface area contributed by atoms with Gasteiger partial charge in [0, 0.05) is 17.7 Å². The molecule has 3 aromatic carbocycles. The van der Waals surface area contributed by atoms with Crippen molar-refractivity contribution in [1.29, 1.82) is 0 Å². The third-order valence-corrected chi connectivity index (χ3v) is 5.63. The molecule has 11 heteroatoms. The van der Waals surface area contributed by atoms with Gasteiger partial charge >= 0.3 is 11.3 Å². The molecule has 4 aromatic rings. The Morgan fingerprint density at radius 2 is 1.72 bits per heavy atom. The maximum atomic E-state index is 12.9. The Kier molecular flexibility index (Phi) is 6.72. The van der Waals surface area contributed by atoms with Crippen LogP contribution >= 0.6 is 0 Å². The van der Waals surface area contributed by atoms with Crippen LogP contribution in [-0.2, 0) is 0 Å². The van der Waals surface area contributed by atoms with E-state index in [0.29, 0.717) is 11.1 Å². The zero-order valence-corrected chi connectivity index (χ0v) is 19.0. The third-order valence-electron chi connectivity index (χ3n) is 5.63. The van der Waals surface area contributed by atoms with Crippen LogP contribution in [-0.4, -0.2) is 20.7 Å².